The second kappa shape index (κ2) is 14.6. The largest absolute Gasteiger partial charge is 0.254 e. The van der Waals surface area contributed by atoms with Crippen LogP contribution in [0.5, 0.6) is 0 Å². The van der Waals surface area contributed by atoms with Crippen LogP contribution in [0.25, 0.3) is 77.0 Å². The van der Waals surface area contributed by atoms with Gasteiger partial charge in [-0.15, -0.1) is 0 Å². The summed E-state index contributed by atoms with van der Waals surface area (Å²) in [6.45, 7) is 0. The van der Waals surface area contributed by atoms with E-state index in [1.54, 1.807) is 0 Å². The van der Waals surface area contributed by atoms with E-state index in [1.807, 2.05) is 18.5 Å². The van der Waals surface area contributed by atoms with E-state index >= 15 is 0 Å². The van der Waals surface area contributed by atoms with Crippen molar-refractivity contribution in [2.75, 3.05) is 0 Å². The number of hydrogen-bond donors (Lipinski definition) is 0. The summed E-state index contributed by atoms with van der Waals surface area (Å²) in [5, 5.41) is 5.75. The average Bonchev–Trinajstić information content (AvgIpc) is 3.71. The van der Waals surface area contributed by atoms with E-state index in [-0.39, 0.29) is 11.8 Å². The molecule has 5 aliphatic carbocycles. The van der Waals surface area contributed by atoms with Gasteiger partial charge >= 0.3 is 0 Å². The third-order valence-corrected chi connectivity index (χ3v) is 15.6. The van der Waals surface area contributed by atoms with Gasteiger partial charge in [0.1, 0.15) is 0 Å². The number of benzene rings is 7. The molecule has 0 spiro atoms. The second-order valence-electron chi connectivity index (χ2n) is 19.0. The minimum atomic E-state index is -0.494. The molecular weight excluding hydrogens is 835 g/mol. The lowest BCUT2D eigenvalue weighted by Gasteiger charge is -2.42. The number of hydrogen-bond acceptors (Lipinski definition) is 3. The van der Waals surface area contributed by atoms with E-state index in [1.165, 1.54) is 83.3 Å². The SMILES string of the molecule is C1=CC2=C(c3cccc(-c4nc5ccccc5c5cc6c(cc45)-c4ccccc4C6(c4ccccc4)c4ccccc4)c3)C=CC3=CC=C4C(c5ccnc6c5ccc5cccnc56)=CC=C1C4C32. The number of rotatable bonds is 5. The molecule has 10 aromatic rings. The molecule has 320 valence electrons. The first-order valence-corrected chi connectivity index (χ1v) is 24.0. The normalized spacial score (nSPS) is 18.1. The Kier molecular flexibility index (Phi) is 8.11. The molecule has 0 aliphatic heterocycles. The summed E-state index contributed by atoms with van der Waals surface area (Å²) in [4.78, 5) is 15.2. The minimum Gasteiger partial charge on any atom is -0.254 e. The third-order valence-electron chi connectivity index (χ3n) is 15.6. The molecule has 2 unspecified atom stereocenters. The van der Waals surface area contributed by atoms with Crippen LogP contribution in [0.2, 0.25) is 0 Å². The van der Waals surface area contributed by atoms with Crippen LogP contribution in [0.15, 0.2) is 259 Å². The number of nitrogens with zero attached hydrogens (tertiary/aromatic N) is 3. The van der Waals surface area contributed by atoms with Gasteiger partial charge in [0.05, 0.1) is 27.7 Å². The number of pyridine rings is 3. The van der Waals surface area contributed by atoms with Crippen LogP contribution >= 0.6 is 0 Å². The number of para-hydroxylation sites is 1. The number of allylic oxidation sites excluding steroid dienone is 14. The van der Waals surface area contributed by atoms with Gasteiger partial charge in [0, 0.05) is 51.3 Å². The van der Waals surface area contributed by atoms with Crippen LogP contribution in [-0.4, -0.2) is 15.0 Å². The Labute approximate surface area is 399 Å². The van der Waals surface area contributed by atoms with E-state index in [4.69, 9.17) is 15.0 Å². The number of fused-ring (bicyclic) bond motifs is 9. The zero-order chi connectivity index (χ0) is 45.2. The second-order valence-corrected chi connectivity index (χ2v) is 19.0. The third kappa shape index (κ3) is 5.41. The van der Waals surface area contributed by atoms with Crippen molar-refractivity contribution in [1.82, 2.24) is 15.0 Å². The molecule has 3 heterocycles. The molecule has 3 aromatic heterocycles. The lowest BCUT2D eigenvalue weighted by molar-refractivity contribution is 0.569. The van der Waals surface area contributed by atoms with Gasteiger partial charge in [-0.2, -0.15) is 0 Å². The van der Waals surface area contributed by atoms with Gasteiger partial charge in [-0.3, -0.25) is 9.97 Å². The van der Waals surface area contributed by atoms with Crippen LogP contribution < -0.4 is 0 Å². The molecule has 0 fully saturated rings. The zero-order valence-corrected chi connectivity index (χ0v) is 37.5. The van der Waals surface area contributed by atoms with Gasteiger partial charge < -0.3 is 0 Å². The highest BCUT2D eigenvalue weighted by atomic mass is 14.7. The topological polar surface area (TPSA) is 38.7 Å². The molecule has 5 aliphatic rings. The molecule has 3 heteroatoms. The molecule has 0 amide bonds. The summed E-state index contributed by atoms with van der Waals surface area (Å²) >= 11 is 0. The number of aromatic nitrogens is 3. The van der Waals surface area contributed by atoms with Crippen molar-refractivity contribution in [3.63, 3.8) is 0 Å². The molecule has 69 heavy (non-hydrogen) atoms. The fourth-order valence-corrected chi connectivity index (χ4v) is 12.7. The van der Waals surface area contributed by atoms with Crippen molar-refractivity contribution in [1.29, 1.82) is 0 Å². The van der Waals surface area contributed by atoms with E-state index in [9.17, 15) is 0 Å². The van der Waals surface area contributed by atoms with E-state index in [0.29, 0.717) is 0 Å². The van der Waals surface area contributed by atoms with Crippen molar-refractivity contribution in [3.8, 4) is 22.4 Å². The lowest BCUT2D eigenvalue weighted by atomic mass is 9.61. The van der Waals surface area contributed by atoms with Crippen LogP contribution in [0.1, 0.15) is 33.4 Å². The predicted octanol–water partition coefficient (Wildman–Crippen LogP) is 15.5. The van der Waals surface area contributed by atoms with E-state index in [2.05, 4.69) is 218 Å². The highest BCUT2D eigenvalue weighted by molar-refractivity contribution is 6.14. The Hall–Kier alpha value is -8.79. The average molecular weight is 876 g/mol. The standard InChI is InChI=1S/C66H41N3/c1-3-16-45(17-4-1)66(46-18-5-2-6-19-46)58-22-9-7-20-50(58)56-38-57-55(39-59(56)66)51-21-8-10-23-60(51)69-63(57)44-14-11-13-43(37-44)47-29-24-40-27-32-53-48(30-25-41-26-31-52(47)61(40)62(41)53)49-34-36-68-65-54(49)33-28-42-15-12-35-67-64(42)65/h1-39,61-62H. The Morgan fingerprint density at radius 2 is 1.17 bits per heavy atom. The first-order valence-electron chi connectivity index (χ1n) is 24.0. The molecule has 2 atom stereocenters. The first-order chi connectivity index (χ1) is 34.2. The maximum Gasteiger partial charge on any atom is 0.0970 e. The molecular formula is C66H41N3. The van der Waals surface area contributed by atoms with Gasteiger partial charge in [-0.25, -0.2) is 4.98 Å². The highest BCUT2D eigenvalue weighted by Crippen LogP contribution is 2.58. The summed E-state index contributed by atoms with van der Waals surface area (Å²) in [5.74, 6) is 0.394. The molecule has 15 rings (SSSR count). The van der Waals surface area contributed by atoms with Gasteiger partial charge in [-0.05, 0) is 120 Å². The summed E-state index contributed by atoms with van der Waals surface area (Å²) in [5.41, 5.74) is 22.4. The first kappa shape index (κ1) is 38.3. The van der Waals surface area contributed by atoms with Crippen molar-refractivity contribution in [2.45, 2.75) is 5.41 Å². The molecule has 0 saturated carbocycles. The van der Waals surface area contributed by atoms with Crippen LogP contribution in [0, 0.1) is 11.8 Å². The molecule has 0 bridgehead atoms. The van der Waals surface area contributed by atoms with Crippen molar-refractivity contribution in [3.05, 3.63) is 293 Å². The predicted molar refractivity (Wildman–Crippen MR) is 283 cm³/mol. The van der Waals surface area contributed by atoms with E-state index in [0.717, 1.165) is 49.4 Å². The Balaban J connectivity index is 0.883. The Morgan fingerprint density at radius 3 is 2.06 bits per heavy atom. The van der Waals surface area contributed by atoms with Crippen LogP contribution in [0.3, 0.4) is 0 Å². The van der Waals surface area contributed by atoms with Crippen molar-refractivity contribution >= 4 is 54.6 Å². The summed E-state index contributed by atoms with van der Waals surface area (Å²) < 4.78 is 0. The smallest absolute Gasteiger partial charge is 0.0970 e. The monoisotopic (exact) mass is 875 g/mol. The Morgan fingerprint density at radius 1 is 0.420 bits per heavy atom. The molecule has 0 radical (unpaired) electrons. The Bertz CT molecular complexity index is 4080. The lowest BCUT2D eigenvalue weighted by Crippen LogP contribution is -2.30. The summed E-state index contributed by atoms with van der Waals surface area (Å²) in [7, 11) is 0. The van der Waals surface area contributed by atoms with Crippen LogP contribution in [-0.2, 0) is 5.41 Å². The molecule has 0 N–H and O–H groups in total. The van der Waals surface area contributed by atoms with Gasteiger partial charge in [0.2, 0.25) is 0 Å². The van der Waals surface area contributed by atoms with Crippen molar-refractivity contribution in [2.24, 2.45) is 11.8 Å². The van der Waals surface area contributed by atoms with E-state index < -0.39 is 5.41 Å². The molecule has 3 nitrogen and oxygen atoms in total. The zero-order valence-electron chi connectivity index (χ0n) is 37.5. The minimum absolute atomic E-state index is 0.195. The fourth-order valence-electron chi connectivity index (χ4n) is 12.7. The van der Waals surface area contributed by atoms with Gasteiger partial charge in [0.25, 0.3) is 0 Å². The summed E-state index contributed by atoms with van der Waals surface area (Å²) in [6.07, 6.45) is 22.6. The highest BCUT2D eigenvalue weighted by Gasteiger charge is 2.46. The summed E-state index contributed by atoms with van der Waals surface area (Å²) in [6, 6.07) is 64.6. The maximum atomic E-state index is 5.55. The van der Waals surface area contributed by atoms with Crippen LogP contribution in [0.4, 0.5) is 0 Å². The quantitative estimate of drug-likeness (QED) is 0.162. The maximum absolute atomic E-state index is 5.55. The van der Waals surface area contributed by atoms with Crippen molar-refractivity contribution < 1.29 is 0 Å². The molecule has 0 saturated heterocycles. The fraction of sp³-hybridized carbons (Fsp3) is 0.0455. The van der Waals surface area contributed by atoms with Gasteiger partial charge in [-0.1, -0.05) is 188 Å². The van der Waals surface area contributed by atoms with Gasteiger partial charge in [0.15, 0.2) is 0 Å². The molecule has 7 aromatic carbocycles.